The Kier molecular flexibility index (Phi) is 4.08. The van der Waals surface area contributed by atoms with Gasteiger partial charge in [-0.15, -0.1) is 0 Å². The summed E-state index contributed by atoms with van der Waals surface area (Å²) in [6.45, 7) is 2.33. The molecule has 25 heavy (non-hydrogen) atoms. The van der Waals surface area contributed by atoms with E-state index in [4.69, 9.17) is 4.74 Å². The third-order valence-electron chi connectivity index (χ3n) is 5.34. The summed E-state index contributed by atoms with van der Waals surface area (Å²) in [5.74, 6) is -0.0669. The molecule has 1 atom stereocenters. The van der Waals surface area contributed by atoms with Crippen molar-refractivity contribution in [2.75, 3.05) is 6.61 Å². The second-order valence-corrected chi connectivity index (χ2v) is 6.77. The van der Waals surface area contributed by atoms with E-state index in [1.54, 1.807) is 0 Å². The lowest BCUT2D eigenvalue weighted by atomic mass is 9.86. The van der Waals surface area contributed by atoms with Gasteiger partial charge in [-0.2, -0.15) is 0 Å². The van der Waals surface area contributed by atoms with Crippen molar-refractivity contribution in [3.05, 3.63) is 59.8 Å². The average molecular weight is 333 g/mol. The van der Waals surface area contributed by atoms with Crippen molar-refractivity contribution in [2.24, 2.45) is 13.0 Å². The van der Waals surface area contributed by atoms with Crippen LogP contribution < -0.4 is 0 Å². The lowest BCUT2D eigenvalue weighted by molar-refractivity contribution is -0.148. The highest BCUT2D eigenvalue weighted by Crippen LogP contribution is 2.36. The zero-order chi connectivity index (χ0) is 17.4. The van der Waals surface area contributed by atoms with Gasteiger partial charge in [0.2, 0.25) is 0 Å². The van der Waals surface area contributed by atoms with Crippen LogP contribution in [0.3, 0.4) is 0 Å². The van der Waals surface area contributed by atoms with Gasteiger partial charge in [0.05, 0.1) is 12.5 Å². The van der Waals surface area contributed by atoms with Crippen LogP contribution in [0.25, 0.3) is 22.0 Å². The minimum absolute atomic E-state index is 0.0153. The van der Waals surface area contributed by atoms with Gasteiger partial charge in [0.25, 0.3) is 0 Å². The largest absolute Gasteiger partial charge is 0.466 e. The molecule has 1 heterocycles. The number of carbonyl (C=O) groups excluding carboxylic acids is 1. The average Bonchev–Trinajstić information content (AvgIpc) is 2.94. The van der Waals surface area contributed by atoms with Crippen LogP contribution >= 0.6 is 0 Å². The molecule has 1 aromatic heterocycles. The Hall–Kier alpha value is -2.55. The maximum absolute atomic E-state index is 12.2. The number of rotatable bonds is 3. The Bertz CT molecular complexity index is 924. The molecule has 128 valence electrons. The van der Waals surface area contributed by atoms with Crippen molar-refractivity contribution in [1.29, 1.82) is 0 Å². The first-order valence-electron chi connectivity index (χ1n) is 9.01. The molecule has 0 saturated carbocycles. The van der Waals surface area contributed by atoms with Crippen LogP contribution in [0.5, 0.6) is 0 Å². The quantitative estimate of drug-likeness (QED) is 0.660. The van der Waals surface area contributed by atoms with E-state index in [0.717, 1.165) is 19.3 Å². The molecule has 0 radical (unpaired) electrons. The minimum Gasteiger partial charge on any atom is -0.466 e. The number of nitrogens with zero attached hydrogens (tertiary/aromatic N) is 1. The molecule has 1 aliphatic rings. The van der Waals surface area contributed by atoms with Gasteiger partial charge in [-0.05, 0) is 55.0 Å². The summed E-state index contributed by atoms with van der Waals surface area (Å²) in [6, 6.07) is 17.1. The minimum atomic E-state index is -0.0515. The second-order valence-electron chi connectivity index (χ2n) is 6.77. The molecule has 0 fully saturated rings. The molecule has 3 aromatic rings. The predicted molar refractivity (Wildman–Crippen MR) is 101 cm³/mol. The van der Waals surface area contributed by atoms with Gasteiger partial charge in [0, 0.05) is 23.6 Å². The van der Waals surface area contributed by atoms with Gasteiger partial charge in [-0.25, -0.2) is 0 Å². The summed E-state index contributed by atoms with van der Waals surface area (Å²) >= 11 is 0. The SMILES string of the molecule is CCOC(=O)C1CCc2c(c3cc(-c4ccccc4)ccc3n2C)C1. The highest BCUT2D eigenvalue weighted by Gasteiger charge is 2.29. The first kappa shape index (κ1) is 15.9. The highest BCUT2D eigenvalue weighted by molar-refractivity contribution is 5.90. The van der Waals surface area contributed by atoms with Crippen LogP contribution in [0, 0.1) is 5.92 Å². The van der Waals surface area contributed by atoms with Crippen molar-refractivity contribution in [3.63, 3.8) is 0 Å². The summed E-state index contributed by atoms with van der Waals surface area (Å²) in [5.41, 5.74) is 6.37. The van der Waals surface area contributed by atoms with E-state index in [9.17, 15) is 4.79 Å². The van der Waals surface area contributed by atoms with Crippen molar-refractivity contribution in [1.82, 2.24) is 4.57 Å². The van der Waals surface area contributed by atoms with Crippen molar-refractivity contribution in [2.45, 2.75) is 26.2 Å². The lowest BCUT2D eigenvalue weighted by Gasteiger charge is -2.21. The van der Waals surface area contributed by atoms with Gasteiger partial charge in [0.15, 0.2) is 0 Å². The summed E-state index contributed by atoms with van der Waals surface area (Å²) in [5, 5.41) is 1.27. The van der Waals surface area contributed by atoms with Crippen LogP contribution in [-0.4, -0.2) is 17.1 Å². The van der Waals surface area contributed by atoms with Gasteiger partial charge >= 0.3 is 5.97 Å². The molecule has 0 saturated heterocycles. The van der Waals surface area contributed by atoms with Crippen molar-refractivity contribution >= 4 is 16.9 Å². The molecular formula is C22H23NO2. The van der Waals surface area contributed by atoms with Crippen molar-refractivity contribution < 1.29 is 9.53 Å². The van der Waals surface area contributed by atoms with E-state index in [1.807, 2.05) is 13.0 Å². The number of ether oxygens (including phenoxy) is 1. The first-order valence-corrected chi connectivity index (χ1v) is 9.01. The van der Waals surface area contributed by atoms with E-state index in [1.165, 1.54) is 33.3 Å². The standard InChI is InChI=1S/C22H23NO2/c1-3-25-22(24)17-10-12-21-19(14-17)18-13-16(9-11-20(18)23(21)2)15-7-5-4-6-8-15/h4-9,11,13,17H,3,10,12,14H2,1-2H3. The molecule has 0 bridgehead atoms. The number of carbonyl (C=O) groups is 1. The summed E-state index contributed by atoms with van der Waals surface area (Å²) in [7, 11) is 2.13. The number of hydrogen-bond acceptors (Lipinski definition) is 2. The predicted octanol–water partition coefficient (Wildman–Crippen LogP) is 4.51. The van der Waals surface area contributed by atoms with Crippen LogP contribution in [-0.2, 0) is 29.4 Å². The molecule has 1 aliphatic carbocycles. The highest BCUT2D eigenvalue weighted by atomic mass is 16.5. The smallest absolute Gasteiger partial charge is 0.309 e. The van der Waals surface area contributed by atoms with Gasteiger partial charge < -0.3 is 9.30 Å². The fourth-order valence-corrected chi connectivity index (χ4v) is 4.05. The number of esters is 1. The van der Waals surface area contributed by atoms with Crippen molar-refractivity contribution in [3.8, 4) is 11.1 Å². The normalized spacial score (nSPS) is 16.6. The van der Waals surface area contributed by atoms with E-state index in [0.29, 0.717) is 6.61 Å². The van der Waals surface area contributed by atoms with E-state index >= 15 is 0 Å². The fourth-order valence-electron chi connectivity index (χ4n) is 4.05. The van der Waals surface area contributed by atoms with E-state index in [2.05, 4.69) is 54.1 Å². The molecular weight excluding hydrogens is 310 g/mol. The molecule has 4 rings (SSSR count). The first-order chi connectivity index (χ1) is 12.2. The number of benzene rings is 2. The fraction of sp³-hybridized carbons (Fsp3) is 0.318. The molecule has 2 aromatic carbocycles. The third kappa shape index (κ3) is 2.74. The summed E-state index contributed by atoms with van der Waals surface area (Å²) in [4.78, 5) is 12.2. The zero-order valence-electron chi connectivity index (χ0n) is 14.8. The van der Waals surface area contributed by atoms with Crippen LogP contribution in [0.1, 0.15) is 24.6 Å². The summed E-state index contributed by atoms with van der Waals surface area (Å²) in [6.07, 6.45) is 2.59. The number of aryl methyl sites for hydroxylation is 1. The molecule has 0 aliphatic heterocycles. The lowest BCUT2D eigenvalue weighted by Crippen LogP contribution is -2.25. The van der Waals surface area contributed by atoms with Gasteiger partial charge in [-0.1, -0.05) is 36.4 Å². The monoisotopic (exact) mass is 333 g/mol. The number of hydrogen-bond donors (Lipinski definition) is 0. The molecule has 0 amide bonds. The maximum atomic E-state index is 12.2. The third-order valence-corrected chi connectivity index (χ3v) is 5.34. The molecule has 0 N–H and O–H groups in total. The number of aromatic nitrogens is 1. The Morgan fingerprint density at radius 1 is 1.16 bits per heavy atom. The molecule has 3 nitrogen and oxygen atoms in total. The maximum Gasteiger partial charge on any atom is 0.309 e. The topological polar surface area (TPSA) is 31.2 Å². The zero-order valence-corrected chi connectivity index (χ0v) is 14.8. The Labute approximate surface area is 148 Å². The molecule has 3 heteroatoms. The van der Waals surface area contributed by atoms with Crippen LogP contribution in [0.15, 0.2) is 48.5 Å². The summed E-state index contributed by atoms with van der Waals surface area (Å²) < 4.78 is 7.56. The Balaban J connectivity index is 1.79. The van der Waals surface area contributed by atoms with Gasteiger partial charge in [0.1, 0.15) is 0 Å². The van der Waals surface area contributed by atoms with Gasteiger partial charge in [-0.3, -0.25) is 4.79 Å². The Morgan fingerprint density at radius 2 is 1.96 bits per heavy atom. The van der Waals surface area contributed by atoms with E-state index < -0.39 is 0 Å². The second kappa shape index (κ2) is 6.40. The van der Waals surface area contributed by atoms with E-state index in [-0.39, 0.29) is 11.9 Å². The van der Waals surface area contributed by atoms with Crippen LogP contribution in [0.2, 0.25) is 0 Å². The molecule has 1 unspecified atom stereocenters. The Morgan fingerprint density at radius 3 is 2.72 bits per heavy atom. The number of fused-ring (bicyclic) bond motifs is 3. The van der Waals surface area contributed by atoms with Crippen LogP contribution in [0.4, 0.5) is 0 Å². The molecule has 0 spiro atoms.